The standard InChI is InChI=1S/C16H23NO2.ClH/c1-13(2)19-15-7-5-14(6-8-15)16(18)9-12-17-10-3-4-11-17;/h5-8,13H,3-4,9-12H2,1-2H3;1H. The lowest BCUT2D eigenvalue weighted by Gasteiger charge is -2.13. The molecule has 0 unspecified atom stereocenters. The first kappa shape index (κ1) is 17.0. The molecule has 1 saturated heterocycles. The molecule has 1 aliphatic rings. The van der Waals surface area contributed by atoms with Gasteiger partial charge in [-0.3, -0.25) is 4.79 Å². The van der Waals surface area contributed by atoms with E-state index >= 15 is 0 Å². The highest BCUT2D eigenvalue weighted by Gasteiger charge is 2.13. The fourth-order valence-electron chi connectivity index (χ4n) is 2.40. The minimum absolute atomic E-state index is 0. The second-order valence-electron chi connectivity index (χ2n) is 5.41. The van der Waals surface area contributed by atoms with Crippen molar-refractivity contribution in [2.24, 2.45) is 0 Å². The number of likely N-dealkylation sites (tertiary alicyclic amines) is 1. The first-order valence-corrected chi connectivity index (χ1v) is 7.17. The number of carbonyl (C=O) groups is 1. The summed E-state index contributed by atoms with van der Waals surface area (Å²) in [5, 5.41) is 0. The predicted octanol–water partition coefficient (Wildman–Crippen LogP) is 3.56. The third kappa shape index (κ3) is 5.14. The van der Waals surface area contributed by atoms with E-state index in [1.54, 1.807) is 0 Å². The van der Waals surface area contributed by atoms with Crippen LogP contribution in [0.2, 0.25) is 0 Å². The van der Waals surface area contributed by atoms with Gasteiger partial charge in [0.1, 0.15) is 5.75 Å². The third-order valence-electron chi connectivity index (χ3n) is 3.40. The Morgan fingerprint density at radius 1 is 1.20 bits per heavy atom. The van der Waals surface area contributed by atoms with Crippen molar-refractivity contribution >= 4 is 18.2 Å². The summed E-state index contributed by atoms with van der Waals surface area (Å²) in [4.78, 5) is 14.4. The van der Waals surface area contributed by atoms with Gasteiger partial charge in [-0.15, -0.1) is 12.4 Å². The van der Waals surface area contributed by atoms with E-state index in [0.717, 1.165) is 30.9 Å². The van der Waals surface area contributed by atoms with Gasteiger partial charge in [-0.05, 0) is 64.0 Å². The molecule has 0 bridgehead atoms. The highest BCUT2D eigenvalue weighted by Crippen LogP contribution is 2.15. The highest BCUT2D eigenvalue weighted by molar-refractivity contribution is 5.96. The maximum absolute atomic E-state index is 12.1. The van der Waals surface area contributed by atoms with E-state index in [4.69, 9.17) is 4.74 Å². The van der Waals surface area contributed by atoms with Crippen molar-refractivity contribution in [2.75, 3.05) is 19.6 Å². The van der Waals surface area contributed by atoms with Crippen LogP contribution in [0.25, 0.3) is 0 Å². The Balaban J connectivity index is 0.00000200. The van der Waals surface area contributed by atoms with Crippen LogP contribution in [0.15, 0.2) is 24.3 Å². The minimum atomic E-state index is 0. The fourth-order valence-corrected chi connectivity index (χ4v) is 2.40. The molecule has 0 aromatic heterocycles. The summed E-state index contributed by atoms with van der Waals surface area (Å²) in [5.74, 6) is 1.05. The van der Waals surface area contributed by atoms with Crippen LogP contribution in [0.4, 0.5) is 0 Å². The van der Waals surface area contributed by atoms with Crippen LogP contribution in [0, 0.1) is 0 Å². The van der Waals surface area contributed by atoms with E-state index in [1.165, 1.54) is 12.8 Å². The second-order valence-corrected chi connectivity index (χ2v) is 5.41. The molecule has 1 aliphatic heterocycles. The Bertz CT molecular complexity index is 411. The number of benzene rings is 1. The first-order valence-electron chi connectivity index (χ1n) is 7.17. The van der Waals surface area contributed by atoms with Crippen LogP contribution in [0.3, 0.4) is 0 Å². The van der Waals surface area contributed by atoms with Crippen molar-refractivity contribution in [3.05, 3.63) is 29.8 Å². The first-order chi connectivity index (χ1) is 9.15. The number of hydrogen-bond acceptors (Lipinski definition) is 3. The number of ketones is 1. The maximum atomic E-state index is 12.1. The van der Waals surface area contributed by atoms with Gasteiger partial charge in [-0.2, -0.15) is 0 Å². The molecule has 1 fully saturated rings. The second kappa shape index (κ2) is 8.28. The quantitative estimate of drug-likeness (QED) is 0.752. The highest BCUT2D eigenvalue weighted by atomic mass is 35.5. The largest absolute Gasteiger partial charge is 0.491 e. The maximum Gasteiger partial charge on any atom is 0.164 e. The molecule has 0 atom stereocenters. The molecule has 0 radical (unpaired) electrons. The van der Waals surface area contributed by atoms with E-state index in [9.17, 15) is 4.79 Å². The molecule has 4 heteroatoms. The molecule has 1 aromatic carbocycles. The summed E-state index contributed by atoms with van der Waals surface area (Å²) in [6.07, 6.45) is 3.33. The number of ether oxygens (including phenoxy) is 1. The molecule has 1 heterocycles. The fraction of sp³-hybridized carbons (Fsp3) is 0.562. The average Bonchev–Trinajstić information content (AvgIpc) is 2.89. The van der Waals surface area contributed by atoms with Crippen LogP contribution < -0.4 is 4.74 Å². The van der Waals surface area contributed by atoms with Crippen LogP contribution in [0.1, 0.15) is 43.5 Å². The number of hydrogen-bond donors (Lipinski definition) is 0. The van der Waals surface area contributed by atoms with Crippen molar-refractivity contribution in [1.29, 1.82) is 0 Å². The molecule has 2 rings (SSSR count). The molecule has 0 amide bonds. The summed E-state index contributed by atoms with van der Waals surface area (Å²) in [7, 11) is 0. The predicted molar refractivity (Wildman–Crippen MR) is 84.1 cm³/mol. The summed E-state index contributed by atoms with van der Waals surface area (Å²) in [6, 6.07) is 7.49. The van der Waals surface area contributed by atoms with Gasteiger partial charge in [0, 0.05) is 18.5 Å². The van der Waals surface area contributed by atoms with Crippen LogP contribution in [0.5, 0.6) is 5.75 Å². The molecule has 0 spiro atoms. The number of carbonyl (C=O) groups excluding carboxylic acids is 1. The zero-order valence-electron chi connectivity index (χ0n) is 12.3. The minimum Gasteiger partial charge on any atom is -0.491 e. The van der Waals surface area contributed by atoms with Crippen LogP contribution in [-0.4, -0.2) is 36.4 Å². The third-order valence-corrected chi connectivity index (χ3v) is 3.40. The van der Waals surface area contributed by atoms with Crippen molar-refractivity contribution in [3.8, 4) is 5.75 Å². The van der Waals surface area contributed by atoms with E-state index in [1.807, 2.05) is 38.1 Å². The van der Waals surface area contributed by atoms with E-state index in [2.05, 4.69) is 4.90 Å². The Hall–Kier alpha value is -1.06. The monoisotopic (exact) mass is 297 g/mol. The smallest absolute Gasteiger partial charge is 0.164 e. The molecular weight excluding hydrogens is 274 g/mol. The van der Waals surface area contributed by atoms with Gasteiger partial charge in [-0.1, -0.05) is 0 Å². The van der Waals surface area contributed by atoms with Crippen LogP contribution in [-0.2, 0) is 0 Å². The Kier molecular flexibility index (Phi) is 7.03. The summed E-state index contributed by atoms with van der Waals surface area (Å²) in [6.45, 7) is 7.18. The van der Waals surface area contributed by atoms with E-state index in [0.29, 0.717) is 6.42 Å². The summed E-state index contributed by atoms with van der Waals surface area (Å²) >= 11 is 0. The van der Waals surface area contributed by atoms with E-state index < -0.39 is 0 Å². The molecule has 20 heavy (non-hydrogen) atoms. The van der Waals surface area contributed by atoms with Crippen molar-refractivity contribution < 1.29 is 9.53 Å². The van der Waals surface area contributed by atoms with Gasteiger partial charge in [0.2, 0.25) is 0 Å². The van der Waals surface area contributed by atoms with Gasteiger partial charge >= 0.3 is 0 Å². The lowest BCUT2D eigenvalue weighted by Crippen LogP contribution is -2.22. The number of rotatable bonds is 6. The molecule has 0 aliphatic carbocycles. The Morgan fingerprint density at radius 2 is 1.80 bits per heavy atom. The van der Waals surface area contributed by atoms with Crippen molar-refractivity contribution in [3.63, 3.8) is 0 Å². The Labute approximate surface area is 127 Å². The SMILES string of the molecule is CC(C)Oc1ccc(C(=O)CCN2CCCC2)cc1.Cl. The molecule has 1 aromatic rings. The number of halogens is 1. The van der Waals surface area contributed by atoms with Crippen molar-refractivity contribution in [1.82, 2.24) is 4.90 Å². The lowest BCUT2D eigenvalue weighted by atomic mass is 10.1. The lowest BCUT2D eigenvalue weighted by molar-refractivity contribution is 0.0969. The van der Waals surface area contributed by atoms with Gasteiger partial charge in [0.25, 0.3) is 0 Å². The molecule has 3 nitrogen and oxygen atoms in total. The number of nitrogens with zero attached hydrogens (tertiary/aromatic N) is 1. The Morgan fingerprint density at radius 3 is 2.35 bits per heavy atom. The normalized spacial score (nSPS) is 15.2. The van der Waals surface area contributed by atoms with Gasteiger partial charge in [0.15, 0.2) is 5.78 Å². The van der Waals surface area contributed by atoms with Crippen molar-refractivity contribution in [2.45, 2.75) is 39.2 Å². The summed E-state index contributed by atoms with van der Waals surface area (Å²) < 4.78 is 5.57. The molecular formula is C16H24ClNO2. The van der Waals surface area contributed by atoms with Crippen LogP contribution >= 0.6 is 12.4 Å². The molecule has 0 N–H and O–H groups in total. The zero-order valence-corrected chi connectivity index (χ0v) is 13.1. The number of Topliss-reactive ketones (excluding diaryl/α,β-unsaturated/α-hetero) is 1. The summed E-state index contributed by atoms with van der Waals surface area (Å²) in [5.41, 5.74) is 0.787. The van der Waals surface area contributed by atoms with Gasteiger partial charge in [0.05, 0.1) is 6.10 Å². The zero-order chi connectivity index (χ0) is 13.7. The van der Waals surface area contributed by atoms with Gasteiger partial charge in [-0.25, -0.2) is 0 Å². The van der Waals surface area contributed by atoms with E-state index in [-0.39, 0.29) is 24.3 Å². The molecule has 112 valence electrons. The topological polar surface area (TPSA) is 29.5 Å². The van der Waals surface area contributed by atoms with Gasteiger partial charge < -0.3 is 9.64 Å². The molecule has 0 saturated carbocycles. The average molecular weight is 298 g/mol.